The Bertz CT molecular complexity index is 1630. The highest BCUT2D eigenvalue weighted by Crippen LogP contribution is 2.34. The Morgan fingerprint density at radius 2 is 1.90 bits per heavy atom. The fraction of sp³-hybridized carbons (Fsp3) is 0.438. The molecule has 1 atom stereocenters. The van der Waals surface area contributed by atoms with E-state index in [1.807, 2.05) is 57.6 Å². The van der Waals surface area contributed by atoms with Gasteiger partial charge in [-0.3, -0.25) is 9.36 Å². The Morgan fingerprint density at radius 3 is 2.59 bits per heavy atom. The van der Waals surface area contributed by atoms with Crippen LogP contribution >= 0.6 is 0 Å². The second-order valence-corrected chi connectivity index (χ2v) is 11.2. The van der Waals surface area contributed by atoms with Crippen molar-refractivity contribution in [1.29, 1.82) is 5.26 Å². The van der Waals surface area contributed by atoms with Crippen molar-refractivity contribution >= 4 is 5.78 Å². The number of alkyl halides is 1. The predicted molar refractivity (Wildman–Crippen MR) is 153 cm³/mol. The number of epoxide rings is 1. The molecule has 1 saturated heterocycles. The van der Waals surface area contributed by atoms with Gasteiger partial charge in [-0.15, -0.1) is 0 Å². The van der Waals surface area contributed by atoms with Gasteiger partial charge in [0, 0.05) is 18.0 Å². The summed E-state index contributed by atoms with van der Waals surface area (Å²) in [5, 5.41) is 14.0. The highest BCUT2D eigenvalue weighted by atomic mass is 19.1. The Morgan fingerprint density at radius 1 is 1.15 bits per heavy atom. The van der Waals surface area contributed by atoms with Crippen LogP contribution in [0.5, 0.6) is 0 Å². The van der Waals surface area contributed by atoms with Crippen molar-refractivity contribution in [3.63, 3.8) is 0 Å². The number of fused-ring (bicyclic) bond motifs is 1. The number of benzene rings is 2. The van der Waals surface area contributed by atoms with E-state index in [9.17, 15) is 14.4 Å². The third kappa shape index (κ3) is 5.42. The molecule has 0 amide bonds. The second kappa shape index (κ2) is 11.6. The number of hydrogen-bond acceptors (Lipinski definition) is 6. The topological polar surface area (TPSA) is 97.7 Å². The van der Waals surface area contributed by atoms with Crippen molar-refractivity contribution in [3.8, 4) is 17.2 Å². The Balaban J connectivity index is 1.28. The average Bonchev–Trinajstić information content (AvgIpc) is 3.65. The van der Waals surface area contributed by atoms with E-state index in [1.165, 1.54) is 6.33 Å². The molecular formula is C32H34FN5O3. The third-order valence-electron chi connectivity index (χ3n) is 8.39. The van der Waals surface area contributed by atoms with Gasteiger partial charge < -0.3 is 9.47 Å². The highest BCUT2D eigenvalue weighted by Gasteiger charge is 2.46. The van der Waals surface area contributed by atoms with Gasteiger partial charge in [0.15, 0.2) is 0 Å². The molecule has 1 unspecified atom stereocenters. The first-order valence-corrected chi connectivity index (χ1v) is 14.4. The van der Waals surface area contributed by atoms with Crippen LogP contribution in [0.15, 0.2) is 59.7 Å². The van der Waals surface area contributed by atoms with Crippen LogP contribution in [0.2, 0.25) is 0 Å². The van der Waals surface area contributed by atoms with Crippen molar-refractivity contribution in [2.45, 2.75) is 69.6 Å². The fourth-order valence-electron chi connectivity index (χ4n) is 5.96. The normalized spacial score (nSPS) is 22.1. The lowest BCUT2D eigenvalue weighted by molar-refractivity contribution is -0.0129. The Labute approximate surface area is 238 Å². The van der Waals surface area contributed by atoms with Crippen LogP contribution in [-0.4, -0.2) is 50.8 Å². The van der Waals surface area contributed by atoms with E-state index in [2.05, 4.69) is 23.1 Å². The van der Waals surface area contributed by atoms with Gasteiger partial charge in [0.05, 0.1) is 36.6 Å². The minimum atomic E-state index is -0.733. The maximum Gasteiger partial charge on any atom is 0.259 e. The van der Waals surface area contributed by atoms with E-state index in [-0.39, 0.29) is 24.3 Å². The second-order valence-electron chi connectivity index (χ2n) is 11.2. The summed E-state index contributed by atoms with van der Waals surface area (Å²) < 4.78 is 28.1. The smallest absolute Gasteiger partial charge is 0.259 e. The number of halogens is 1. The molecule has 0 N–H and O–H groups in total. The van der Waals surface area contributed by atoms with Gasteiger partial charge in [-0.2, -0.15) is 15.3 Å². The molecule has 2 fully saturated rings. The van der Waals surface area contributed by atoms with Crippen LogP contribution in [0.25, 0.3) is 16.9 Å². The van der Waals surface area contributed by atoms with E-state index < -0.39 is 12.3 Å². The van der Waals surface area contributed by atoms with Crippen LogP contribution in [0, 0.1) is 11.3 Å². The summed E-state index contributed by atoms with van der Waals surface area (Å²) in [5.74, 6) is 0.581. The molecule has 1 saturated carbocycles. The zero-order chi connectivity index (χ0) is 28.4. The lowest BCUT2D eigenvalue weighted by atomic mass is 9.92. The summed E-state index contributed by atoms with van der Waals surface area (Å²) in [6.07, 6.45) is 6.76. The molecule has 6 rings (SSSR count). The first-order chi connectivity index (χ1) is 20.1. The zero-order valence-corrected chi connectivity index (χ0v) is 23.3. The number of nitrogens with zero attached hydrogens (tertiary/aromatic N) is 5. The quantitative estimate of drug-likeness (QED) is 0.249. The molecule has 9 heteroatoms. The SMILES string of the molecule is CCCc1c(Cc2ccc(-c3ccccc3C#N)cc2)c(=O)n([C@H]2CC[C@H](OCC3(CF)CO3)CC2)c2ncnn12. The first kappa shape index (κ1) is 27.3. The van der Waals surface area contributed by atoms with E-state index in [0.29, 0.717) is 24.4 Å². The number of aromatic nitrogens is 4. The standard InChI is InChI=1S/C32H34FN5O3/c1-2-5-29-28(16-22-8-10-23(11-9-22)27-7-4-3-6-24(27)17-34)30(39)37(31-35-21-36-38(29)31)25-12-14-26(15-13-25)40-19-32(18-33)20-41-32/h3-4,6-11,21,25-26H,2,5,12-16,18-20H2,1H3/t25-,26-,32?. The summed E-state index contributed by atoms with van der Waals surface area (Å²) in [6, 6.07) is 17.9. The molecule has 1 aliphatic carbocycles. The molecular weight excluding hydrogens is 521 g/mol. The summed E-state index contributed by atoms with van der Waals surface area (Å²) in [7, 11) is 0. The third-order valence-corrected chi connectivity index (χ3v) is 8.39. The minimum absolute atomic E-state index is 0.0133. The average molecular weight is 556 g/mol. The molecule has 0 radical (unpaired) electrons. The van der Waals surface area contributed by atoms with Crippen molar-refractivity contribution in [2.24, 2.45) is 0 Å². The van der Waals surface area contributed by atoms with E-state index in [1.54, 1.807) is 0 Å². The minimum Gasteiger partial charge on any atom is -0.375 e. The molecule has 41 heavy (non-hydrogen) atoms. The van der Waals surface area contributed by atoms with Crippen LogP contribution in [0.4, 0.5) is 4.39 Å². The maximum absolute atomic E-state index is 14.2. The molecule has 2 aromatic carbocycles. The van der Waals surface area contributed by atoms with E-state index in [4.69, 9.17) is 9.47 Å². The summed E-state index contributed by atoms with van der Waals surface area (Å²) in [5.41, 5.74) is 4.40. The maximum atomic E-state index is 14.2. The van der Waals surface area contributed by atoms with Gasteiger partial charge >= 0.3 is 0 Å². The van der Waals surface area contributed by atoms with Crippen LogP contribution in [0.1, 0.15) is 67.5 Å². The molecule has 1 aliphatic heterocycles. The van der Waals surface area contributed by atoms with Gasteiger partial charge in [-0.25, -0.2) is 8.91 Å². The number of ether oxygens (including phenoxy) is 2. The van der Waals surface area contributed by atoms with Crippen LogP contribution < -0.4 is 5.56 Å². The summed E-state index contributed by atoms with van der Waals surface area (Å²) in [6.45, 7) is 2.28. The van der Waals surface area contributed by atoms with Crippen molar-refractivity contribution < 1.29 is 13.9 Å². The summed E-state index contributed by atoms with van der Waals surface area (Å²) >= 11 is 0. The number of aryl methyl sites for hydroxylation is 1. The molecule has 212 valence electrons. The molecule has 8 nitrogen and oxygen atoms in total. The van der Waals surface area contributed by atoms with E-state index >= 15 is 0 Å². The Kier molecular flexibility index (Phi) is 7.69. The molecule has 2 aromatic heterocycles. The summed E-state index contributed by atoms with van der Waals surface area (Å²) in [4.78, 5) is 18.7. The number of hydrogen-bond donors (Lipinski definition) is 0. The predicted octanol–water partition coefficient (Wildman–Crippen LogP) is 5.21. The van der Waals surface area contributed by atoms with Gasteiger partial charge in [0.25, 0.3) is 5.56 Å². The number of nitriles is 1. The van der Waals surface area contributed by atoms with Gasteiger partial charge in [-0.05, 0) is 54.9 Å². The molecule has 3 heterocycles. The zero-order valence-electron chi connectivity index (χ0n) is 23.3. The lowest BCUT2D eigenvalue weighted by Crippen LogP contribution is -2.35. The molecule has 0 bridgehead atoms. The largest absolute Gasteiger partial charge is 0.375 e. The van der Waals surface area contributed by atoms with Gasteiger partial charge in [0.2, 0.25) is 5.78 Å². The van der Waals surface area contributed by atoms with Crippen molar-refractivity contribution in [3.05, 3.63) is 87.6 Å². The highest BCUT2D eigenvalue weighted by molar-refractivity contribution is 5.70. The monoisotopic (exact) mass is 555 g/mol. The van der Waals surface area contributed by atoms with E-state index in [0.717, 1.165) is 66.5 Å². The molecule has 0 spiro atoms. The van der Waals surface area contributed by atoms with Crippen LogP contribution in [-0.2, 0) is 22.3 Å². The van der Waals surface area contributed by atoms with Crippen molar-refractivity contribution in [2.75, 3.05) is 19.9 Å². The van der Waals surface area contributed by atoms with Gasteiger partial charge in [-0.1, -0.05) is 55.8 Å². The van der Waals surface area contributed by atoms with Crippen LogP contribution in [0.3, 0.4) is 0 Å². The van der Waals surface area contributed by atoms with Gasteiger partial charge in [0.1, 0.15) is 18.6 Å². The first-order valence-electron chi connectivity index (χ1n) is 14.4. The van der Waals surface area contributed by atoms with Crippen molar-refractivity contribution in [1.82, 2.24) is 19.2 Å². The fourth-order valence-corrected chi connectivity index (χ4v) is 5.96. The number of rotatable bonds is 10. The Hall–Kier alpha value is -3.87. The molecule has 4 aromatic rings. The lowest BCUT2D eigenvalue weighted by Gasteiger charge is -2.31. The molecule has 2 aliphatic rings.